The Morgan fingerprint density at radius 3 is 1.88 bits per heavy atom. The first kappa shape index (κ1) is 37.2. The largest absolute Gasteiger partial charge is 0.493 e. The minimum atomic E-state index is -0.895. The van der Waals surface area contributed by atoms with Crippen LogP contribution in [0.25, 0.3) is 0 Å². The summed E-state index contributed by atoms with van der Waals surface area (Å²) in [4.78, 5) is 8.36. The first-order chi connectivity index (χ1) is 19.2. The molecule has 0 fully saturated rings. The van der Waals surface area contributed by atoms with Crippen LogP contribution < -0.4 is 4.74 Å². The number of hydrogen-bond acceptors (Lipinski definition) is 3. The Kier molecular flexibility index (Phi) is 18.8. The van der Waals surface area contributed by atoms with Crippen molar-refractivity contribution >= 4 is 6.47 Å². The molecule has 4 heteroatoms. The number of carboxylic acid groups (broad SMARTS) is 1. The van der Waals surface area contributed by atoms with Gasteiger partial charge in [-0.1, -0.05) is 110 Å². The fourth-order valence-corrected chi connectivity index (χ4v) is 5.08. The fraction of sp³-hybridized carbons (Fsp3) is 0.583. The third kappa shape index (κ3) is 11.0. The van der Waals surface area contributed by atoms with Crippen LogP contribution in [0.4, 0.5) is 0 Å². The monoisotopic (exact) mass is 552 g/mol. The number of unbranched alkanes of at least 4 members (excludes halogenated alkanes) is 3. The van der Waals surface area contributed by atoms with Crippen LogP contribution in [-0.2, 0) is 10.2 Å². The molecular formula is C36H56O4. The van der Waals surface area contributed by atoms with Gasteiger partial charge in [-0.25, -0.2) is 0 Å². The number of benzene rings is 2. The van der Waals surface area contributed by atoms with Crippen LogP contribution in [0.15, 0.2) is 36.4 Å². The first-order valence-corrected chi connectivity index (χ1v) is 15.4. The van der Waals surface area contributed by atoms with E-state index < -0.39 is 5.60 Å². The highest BCUT2D eigenvalue weighted by Gasteiger charge is 2.31. The van der Waals surface area contributed by atoms with Crippen molar-refractivity contribution in [2.45, 2.75) is 131 Å². The van der Waals surface area contributed by atoms with Gasteiger partial charge < -0.3 is 14.9 Å². The van der Waals surface area contributed by atoms with E-state index >= 15 is 0 Å². The lowest BCUT2D eigenvalue weighted by molar-refractivity contribution is -0.122. The van der Waals surface area contributed by atoms with Crippen molar-refractivity contribution in [2.75, 3.05) is 6.61 Å². The van der Waals surface area contributed by atoms with Crippen molar-refractivity contribution in [1.82, 2.24) is 0 Å². The summed E-state index contributed by atoms with van der Waals surface area (Å²) in [5, 5.41) is 17.6. The van der Waals surface area contributed by atoms with Crippen LogP contribution in [0.5, 0.6) is 5.75 Å². The summed E-state index contributed by atoms with van der Waals surface area (Å²) in [6, 6.07) is 13.4. The number of aliphatic hydroxyl groups is 1. The smallest absolute Gasteiger partial charge is 0.290 e. The van der Waals surface area contributed by atoms with E-state index in [1.165, 1.54) is 41.5 Å². The minimum Gasteiger partial charge on any atom is -0.493 e. The lowest BCUT2D eigenvalue weighted by Crippen LogP contribution is -2.26. The van der Waals surface area contributed by atoms with Crippen LogP contribution >= 0.6 is 0 Å². The first-order valence-electron chi connectivity index (χ1n) is 15.4. The van der Waals surface area contributed by atoms with E-state index in [0.717, 1.165) is 43.6 Å². The van der Waals surface area contributed by atoms with E-state index in [0.29, 0.717) is 12.8 Å². The van der Waals surface area contributed by atoms with Crippen LogP contribution in [0, 0.1) is 25.7 Å². The molecule has 4 nitrogen and oxygen atoms in total. The molecule has 0 amide bonds. The summed E-state index contributed by atoms with van der Waals surface area (Å²) in [6.07, 6.45) is 9.21. The third-order valence-electron chi connectivity index (χ3n) is 7.65. The van der Waals surface area contributed by atoms with Gasteiger partial charge in [0.2, 0.25) is 0 Å². The molecule has 0 heterocycles. The Morgan fingerprint density at radius 2 is 1.40 bits per heavy atom. The summed E-state index contributed by atoms with van der Waals surface area (Å²) >= 11 is 0. The molecule has 0 radical (unpaired) electrons. The van der Waals surface area contributed by atoms with E-state index in [1.807, 2.05) is 20.8 Å². The number of rotatable bonds is 13. The van der Waals surface area contributed by atoms with E-state index in [2.05, 4.69) is 89.8 Å². The second-order valence-corrected chi connectivity index (χ2v) is 10.2. The normalized spacial score (nSPS) is 11.9. The Hall–Kier alpha value is -2.77. The molecule has 40 heavy (non-hydrogen) atoms. The molecule has 1 unspecified atom stereocenters. The molecule has 0 saturated heterocycles. The standard InChI is InChI=1S/C33H48O2.C2H6.CH2O2/c1-8-13-14-15-23-35-31-19-18-30(25-27(31)7)33(11-4,12-5)29-17-16-28(26(6)24-29)20-22-32(34,10-3)21-9-2;1-2;2-1-3/h16-19,24-25,34H,8-15,21,23H2,1-7H3;1-2H3;1H,(H,2,3). The maximum Gasteiger partial charge on any atom is 0.290 e. The maximum atomic E-state index is 10.7. The van der Waals surface area contributed by atoms with Gasteiger partial charge in [0.15, 0.2) is 0 Å². The molecule has 2 rings (SSSR count). The lowest BCUT2D eigenvalue weighted by Gasteiger charge is -2.34. The average molecular weight is 553 g/mol. The highest BCUT2D eigenvalue weighted by molar-refractivity contribution is 5.50. The second kappa shape index (κ2) is 20.2. The van der Waals surface area contributed by atoms with Gasteiger partial charge in [-0.05, 0) is 80.3 Å². The van der Waals surface area contributed by atoms with Crippen LogP contribution in [0.3, 0.4) is 0 Å². The second-order valence-electron chi connectivity index (χ2n) is 10.2. The van der Waals surface area contributed by atoms with Crippen LogP contribution in [-0.4, -0.2) is 28.9 Å². The van der Waals surface area contributed by atoms with E-state index in [1.54, 1.807) is 0 Å². The molecule has 224 valence electrons. The van der Waals surface area contributed by atoms with Gasteiger partial charge >= 0.3 is 0 Å². The predicted octanol–water partition coefficient (Wildman–Crippen LogP) is 9.39. The molecule has 2 N–H and O–H groups in total. The number of hydrogen-bond donors (Lipinski definition) is 2. The van der Waals surface area contributed by atoms with Crippen molar-refractivity contribution in [3.05, 3.63) is 64.2 Å². The molecule has 0 aliphatic carbocycles. The number of ether oxygens (including phenoxy) is 1. The van der Waals surface area contributed by atoms with Gasteiger partial charge in [0, 0.05) is 11.0 Å². The van der Waals surface area contributed by atoms with Gasteiger partial charge in [-0.3, -0.25) is 4.79 Å². The molecule has 0 aliphatic rings. The molecule has 0 saturated carbocycles. The van der Waals surface area contributed by atoms with Gasteiger partial charge in [0.05, 0.1) is 6.61 Å². The van der Waals surface area contributed by atoms with Crippen LogP contribution in [0.2, 0.25) is 0 Å². The molecule has 0 aromatic heterocycles. The molecule has 2 aromatic carbocycles. The Labute approximate surface area is 245 Å². The summed E-state index contributed by atoms with van der Waals surface area (Å²) in [5.74, 6) is 7.43. The van der Waals surface area contributed by atoms with Crippen molar-refractivity contribution in [1.29, 1.82) is 0 Å². The number of aryl methyl sites for hydroxylation is 2. The number of carbonyl (C=O) groups is 1. The SMILES string of the molecule is CC.CCCCCCOc1ccc(C(CC)(CC)c2ccc(C#CC(O)(CC)CCC)c(C)c2)cc1C.O=CO. The zero-order valence-electron chi connectivity index (χ0n) is 26.8. The van der Waals surface area contributed by atoms with Gasteiger partial charge in [0.25, 0.3) is 6.47 Å². The summed E-state index contributed by atoms with van der Waals surface area (Å²) < 4.78 is 6.10. The molecule has 0 bridgehead atoms. The fourth-order valence-electron chi connectivity index (χ4n) is 5.08. The van der Waals surface area contributed by atoms with Crippen molar-refractivity contribution in [3.63, 3.8) is 0 Å². The zero-order valence-corrected chi connectivity index (χ0v) is 26.8. The Morgan fingerprint density at radius 1 is 0.825 bits per heavy atom. The molecule has 2 aromatic rings. The van der Waals surface area contributed by atoms with Gasteiger partial charge in [-0.2, -0.15) is 0 Å². The van der Waals surface area contributed by atoms with Gasteiger partial charge in [-0.15, -0.1) is 0 Å². The Bertz CT molecular complexity index is 1040. The minimum absolute atomic E-state index is 0.0481. The topological polar surface area (TPSA) is 66.8 Å². The molecule has 0 spiro atoms. The maximum absolute atomic E-state index is 10.7. The van der Waals surface area contributed by atoms with E-state index in [-0.39, 0.29) is 11.9 Å². The molecule has 0 aliphatic heterocycles. The third-order valence-corrected chi connectivity index (χ3v) is 7.65. The van der Waals surface area contributed by atoms with Crippen molar-refractivity contribution in [2.24, 2.45) is 0 Å². The Balaban J connectivity index is 0.00000284. The van der Waals surface area contributed by atoms with Crippen molar-refractivity contribution < 1.29 is 19.7 Å². The van der Waals surface area contributed by atoms with E-state index in [4.69, 9.17) is 14.6 Å². The summed E-state index contributed by atoms with van der Waals surface area (Å²) in [6.45, 7) is 19.7. The lowest BCUT2D eigenvalue weighted by atomic mass is 9.70. The molecular weight excluding hydrogens is 496 g/mol. The quantitative estimate of drug-likeness (QED) is 0.148. The van der Waals surface area contributed by atoms with Gasteiger partial charge in [0.1, 0.15) is 11.4 Å². The van der Waals surface area contributed by atoms with Crippen molar-refractivity contribution in [3.8, 4) is 17.6 Å². The summed E-state index contributed by atoms with van der Waals surface area (Å²) in [7, 11) is 0. The predicted molar refractivity (Wildman–Crippen MR) is 170 cm³/mol. The molecule has 1 atom stereocenters. The average Bonchev–Trinajstić information content (AvgIpc) is 2.96. The highest BCUT2D eigenvalue weighted by Crippen LogP contribution is 2.41. The van der Waals surface area contributed by atoms with E-state index in [9.17, 15) is 5.11 Å². The van der Waals surface area contributed by atoms with Crippen LogP contribution in [0.1, 0.15) is 134 Å². The zero-order chi connectivity index (χ0) is 30.6. The highest BCUT2D eigenvalue weighted by atomic mass is 16.5. The summed E-state index contributed by atoms with van der Waals surface area (Å²) in [5.41, 5.74) is 5.11.